The molecule has 0 heterocycles. The number of hydrogen-bond acceptors (Lipinski definition) is 4. The van der Waals surface area contributed by atoms with Crippen molar-refractivity contribution >= 4 is 16.2 Å². The molecular weight excluding hydrogens is 227 g/mol. The van der Waals surface area contributed by atoms with Gasteiger partial charge in [0, 0.05) is 0 Å². The first-order valence-corrected chi connectivity index (χ1v) is 5.17. The lowest BCUT2D eigenvalue weighted by atomic mass is 10.3. The number of aliphatic carboxylic acids is 1. The van der Waals surface area contributed by atoms with E-state index in [0.717, 1.165) is 12.1 Å². The molecule has 0 aliphatic rings. The van der Waals surface area contributed by atoms with Crippen LogP contribution in [0.1, 0.15) is 0 Å². The summed E-state index contributed by atoms with van der Waals surface area (Å²) >= 11 is 0. The van der Waals surface area contributed by atoms with E-state index >= 15 is 0 Å². The van der Waals surface area contributed by atoms with Gasteiger partial charge in [0.1, 0.15) is 5.75 Å². The molecule has 15 heavy (non-hydrogen) atoms. The van der Waals surface area contributed by atoms with E-state index in [4.69, 9.17) is 9.84 Å². The summed E-state index contributed by atoms with van der Waals surface area (Å²) in [6.07, 6.45) is 0. The van der Waals surface area contributed by atoms with Crippen molar-refractivity contribution < 1.29 is 26.9 Å². The van der Waals surface area contributed by atoms with Crippen LogP contribution in [0.3, 0.4) is 0 Å². The average Bonchev–Trinajstić information content (AvgIpc) is 2.14. The van der Waals surface area contributed by atoms with Gasteiger partial charge in [0.15, 0.2) is 6.61 Å². The molecule has 0 radical (unpaired) electrons. The number of carboxylic acid groups (broad SMARTS) is 1. The minimum Gasteiger partial charge on any atom is -0.482 e. The summed E-state index contributed by atoms with van der Waals surface area (Å²) in [6.45, 7) is -0.540. The second-order valence-corrected chi connectivity index (χ2v) is 3.94. The van der Waals surface area contributed by atoms with Crippen LogP contribution in [0.5, 0.6) is 5.75 Å². The van der Waals surface area contributed by atoms with E-state index in [1.807, 2.05) is 0 Å². The maximum Gasteiger partial charge on any atom is 0.341 e. The second-order valence-electron chi connectivity index (χ2n) is 2.59. The molecule has 5 nitrogen and oxygen atoms in total. The Hall–Kier alpha value is -1.63. The Morgan fingerprint density at radius 1 is 1.33 bits per heavy atom. The molecule has 82 valence electrons. The van der Waals surface area contributed by atoms with Crippen LogP contribution in [0.2, 0.25) is 0 Å². The fourth-order valence-corrected chi connectivity index (χ4v) is 1.30. The van der Waals surface area contributed by atoms with Gasteiger partial charge in [0.2, 0.25) is 0 Å². The first kappa shape index (κ1) is 11.4. The first-order valence-electron chi connectivity index (χ1n) is 3.79. The first-order chi connectivity index (χ1) is 6.89. The zero-order valence-electron chi connectivity index (χ0n) is 7.38. The number of halogens is 1. The van der Waals surface area contributed by atoms with E-state index < -0.39 is 27.7 Å². The Kier molecular flexibility index (Phi) is 3.25. The minimum atomic E-state index is -4.72. The summed E-state index contributed by atoms with van der Waals surface area (Å²) in [5.41, 5.74) is 0. The predicted octanol–water partition coefficient (Wildman–Crippen LogP) is 0.808. The topological polar surface area (TPSA) is 80.7 Å². The third kappa shape index (κ3) is 3.55. The molecule has 1 rings (SSSR count). The normalized spacial score (nSPS) is 11.0. The van der Waals surface area contributed by atoms with E-state index in [1.54, 1.807) is 0 Å². The van der Waals surface area contributed by atoms with Gasteiger partial charge in [-0.05, 0) is 24.3 Å². The van der Waals surface area contributed by atoms with Gasteiger partial charge >= 0.3 is 16.2 Å². The van der Waals surface area contributed by atoms with Gasteiger partial charge in [0.05, 0.1) is 4.90 Å². The lowest BCUT2D eigenvalue weighted by Crippen LogP contribution is -2.09. The molecule has 0 atom stereocenters. The van der Waals surface area contributed by atoms with E-state index in [9.17, 15) is 17.1 Å². The van der Waals surface area contributed by atoms with E-state index in [-0.39, 0.29) is 5.75 Å². The highest BCUT2D eigenvalue weighted by Gasteiger charge is 2.11. The maximum absolute atomic E-state index is 12.4. The van der Waals surface area contributed by atoms with Crippen LogP contribution in [0, 0.1) is 0 Å². The molecule has 1 aromatic carbocycles. The van der Waals surface area contributed by atoms with Crippen molar-refractivity contribution in [1.29, 1.82) is 0 Å². The van der Waals surface area contributed by atoms with E-state index in [0.29, 0.717) is 0 Å². The Morgan fingerprint density at radius 3 is 2.27 bits per heavy atom. The van der Waals surface area contributed by atoms with Crippen LogP contribution >= 0.6 is 0 Å². The molecule has 0 saturated heterocycles. The number of ether oxygens (including phenoxy) is 1. The summed E-state index contributed by atoms with van der Waals surface area (Å²) in [6, 6.07) is 4.34. The summed E-state index contributed by atoms with van der Waals surface area (Å²) in [5.74, 6) is -0.998. The van der Waals surface area contributed by atoms with Gasteiger partial charge in [0.25, 0.3) is 0 Å². The fraction of sp³-hybridized carbons (Fsp3) is 0.125. The van der Waals surface area contributed by atoms with Crippen molar-refractivity contribution in [2.75, 3.05) is 6.61 Å². The Morgan fingerprint density at radius 2 is 1.87 bits per heavy atom. The predicted molar refractivity (Wildman–Crippen MR) is 47.9 cm³/mol. The van der Waals surface area contributed by atoms with Gasteiger partial charge in [-0.2, -0.15) is 8.42 Å². The van der Waals surface area contributed by atoms with Crippen molar-refractivity contribution in [3.63, 3.8) is 0 Å². The van der Waals surface area contributed by atoms with Gasteiger partial charge in [-0.25, -0.2) is 4.79 Å². The smallest absolute Gasteiger partial charge is 0.341 e. The summed E-state index contributed by atoms with van der Waals surface area (Å²) < 4.78 is 37.9. The summed E-state index contributed by atoms with van der Waals surface area (Å²) in [7, 11) is -4.72. The number of carbonyl (C=O) groups is 1. The standard InChI is InChI=1S/C8H7FO5S/c9-15(12,13)7-3-1-6(2-4-7)14-5-8(10)11/h1-4H,5H2,(H,10,11). The third-order valence-electron chi connectivity index (χ3n) is 1.47. The maximum atomic E-state index is 12.4. The quantitative estimate of drug-likeness (QED) is 0.779. The number of benzene rings is 1. The minimum absolute atomic E-state index is 0.157. The highest BCUT2D eigenvalue weighted by atomic mass is 32.3. The monoisotopic (exact) mass is 234 g/mol. The molecule has 1 N–H and O–H groups in total. The van der Waals surface area contributed by atoms with E-state index in [1.165, 1.54) is 12.1 Å². The molecule has 0 saturated carbocycles. The lowest BCUT2D eigenvalue weighted by molar-refractivity contribution is -0.139. The highest BCUT2D eigenvalue weighted by Crippen LogP contribution is 2.17. The second kappa shape index (κ2) is 4.26. The van der Waals surface area contributed by atoms with Crippen LogP contribution in [0.4, 0.5) is 3.89 Å². The van der Waals surface area contributed by atoms with Crippen molar-refractivity contribution in [2.24, 2.45) is 0 Å². The number of hydrogen-bond donors (Lipinski definition) is 1. The molecule has 0 aliphatic heterocycles. The van der Waals surface area contributed by atoms with E-state index in [2.05, 4.69) is 0 Å². The Bertz CT molecular complexity index is 450. The number of rotatable bonds is 4. The summed E-state index contributed by atoms with van der Waals surface area (Å²) in [5, 5.41) is 8.28. The van der Waals surface area contributed by atoms with Crippen molar-refractivity contribution in [3.05, 3.63) is 24.3 Å². The molecule has 0 aliphatic carbocycles. The van der Waals surface area contributed by atoms with Crippen molar-refractivity contribution in [1.82, 2.24) is 0 Å². The molecule has 7 heteroatoms. The number of carboxylic acids is 1. The molecular formula is C8H7FO5S. The largest absolute Gasteiger partial charge is 0.482 e. The molecule has 0 spiro atoms. The zero-order chi connectivity index (χ0) is 11.5. The third-order valence-corrected chi connectivity index (χ3v) is 2.30. The molecule has 0 amide bonds. The fourth-order valence-electron chi connectivity index (χ4n) is 0.843. The van der Waals surface area contributed by atoms with Crippen molar-refractivity contribution in [3.8, 4) is 5.75 Å². The van der Waals surface area contributed by atoms with Gasteiger partial charge < -0.3 is 9.84 Å². The SMILES string of the molecule is O=C(O)COc1ccc(S(=O)(=O)F)cc1. The van der Waals surface area contributed by atoms with Crippen LogP contribution < -0.4 is 4.74 Å². The van der Waals surface area contributed by atoms with Crippen LogP contribution in [-0.2, 0) is 15.0 Å². The van der Waals surface area contributed by atoms with Gasteiger partial charge in [-0.3, -0.25) is 0 Å². The van der Waals surface area contributed by atoms with Gasteiger partial charge in [-0.15, -0.1) is 3.89 Å². The molecule has 0 bridgehead atoms. The van der Waals surface area contributed by atoms with Crippen LogP contribution in [0.25, 0.3) is 0 Å². The molecule has 0 aromatic heterocycles. The average molecular weight is 234 g/mol. The van der Waals surface area contributed by atoms with Crippen LogP contribution in [-0.4, -0.2) is 26.1 Å². The molecule has 0 fully saturated rings. The van der Waals surface area contributed by atoms with Crippen molar-refractivity contribution in [2.45, 2.75) is 4.90 Å². The highest BCUT2D eigenvalue weighted by molar-refractivity contribution is 7.86. The lowest BCUT2D eigenvalue weighted by Gasteiger charge is -2.02. The molecule has 0 unspecified atom stereocenters. The Balaban J connectivity index is 2.77. The van der Waals surface area contributed by atoms with Crippen LogP contribution in [0.15, 0.2) is 29.2 Å². The Labute approximate surface area is 85.3 Å². The molecule has 1 aromatic rings. The zero-order valence-corrected chi connectivity index (χ0v) is 8.20. The van der Waals surface area contributed by atoms with Gasteiger partial charge in [-0.1, -0.05) is 0 Å². The summed E-state index contributed by atoms with van der Waals surface area (Å²) in [4.78, 5) is 9.62.